The molecule has 2 heterocycles. The van der Waals surface area contributed by atoms with Crippen molar-refractivity contribution in [2.24, 2.45) is 7.05 Å². The first kappa shape index (κ1) is 22.8. The molecule has 0 spiro atoms. The molecule has 0 atom stereocenters. The van der Waals surface area contributed by atoms with E-state index in [4.69, 9.17) is 4.74 Å². The van der Waals surface area contributed by atoms with Crippen molar-refractivity contribution < 1.29 is 17.5 Å². The Kier molecular flexibility index (Phi) is 6.06. The number of pyridine rings is 1. The molecular formula is C23H27FN2O4S2. The van der Waals surface area contributed by atoms with E-state index in [2.05, 4.69) is 4.72 Å². The van der Waals surface area contributed by atoms with Gasteiger partial charge in [0.15, 0.2) is 0 Å². The average molecular weight is 479 g/mol. The summed E-state index contributed by atoms with van der Waals surface area (Å²) in [5, 5.41) is 2.47. The number of rotatable bonds is 6. The summed E-state index contributed by atoms with van der Waals surface area (Å²) in [7, 11) is -1.77. The van der Waals surface area contributed by atoms with Crippen molar-refractivity contribution in [1.82, 2.24) is 4.57 Å². The number of sulfonamides is 1. The molecule has 1 aliphatic rings. The number of aryl methyl sites for hydroxylation is 1. The molecule has 3 aromatic rings. The highest BCUT2D eigenvalue weighted by atomic mass is 32.2. The van der Waals surface area contributed by atoms with Gasteiger partial charge in [0.2, 0.25) is 10.0 Å². The second-order valence-electron chi connectivity index (χ2n) is 8.57. The van der Waals surface area contributed by atoms with E-state index in [1.807, 2.05) is 5.38 Å². The van der Waals surface area contributed by atoms with Crippen LogP contribution in [0.5, 0.6) is 5.75 Å². The van der Waals surface area contributed by atoms with Gasteiger partial charge < -0.3 is 9.30 Å². The summed E-state index contributed by atoms with van der Waals surface area (Å²) in [5.74, 6) is 0.546. The Balaban J connectivity index is 1.80. The largest absolute Gasteiger partial charge is 0.490 e. The minimum absolute atomic E-state index is 0.0420. The average Bonchev–Trinajstić information content (AvgIpc) is 3.23. The number of aromatic nitrogens is 1. The van der Waals surface area contributed by atoms with Gasteiger partial charge in [-0.05, 0) is 69.2 Å². The van der Waals surface area contributed by atoms with Crippen LogP contribution in [0, 0.1) is 0 Å². The number of anilines is 1. The molecule has 0 amide bonds. The van der Waals surface area contributed by atoms with Crippen molar-refractivity contribution in [3.8, 4) is 16.9 Å². The first-order valence-electron chi connectivity index (χ1n) is 10.7. The van der Waals surface area contributed by atoms with E-state index in [0.717, 1.165) is 10.3 Å². The quantitative estimate of drug-likeness (QED) is 0.536. The monoisotopic (exact) mass is 478 g/mol. The van der Waals surface area contributed by atoms with Crippen LogP contribution >= 0.6 is 11.3 Å². The van der Waals surface area contributed by atoms with Crippen molar-refractivity contribution in [2.45, 2.75) is 51.3 Å². The Labute approximate surface area is 191 Å². The third kappa shape index (κ3) is 4.68. The van der Waals surface area contributed by atoms with Crippen LogP contribution in [0.15, 0.2) is 40.6 Å². The van der Waals surface area contributed by atoms with Crippen LogP contribution in [-0.4, -0.2) is 30.5 Å². The molecule has 4 rings (SSSR count). The SMILES string of the molecule is CCS(=O)(=O)Nc1ccc(OC2CCC(C)(F)CC2)c(-c2cn(C)c(=O)c3ccsc23)c1. The third-order valence-corrected chi connectivity index (χ3v) is 8.23. The summed E-state index contributed by atoms with van der Waals surface area (Å²) < 4.78 is 49.7. The minimum Gasteiger partial charge on any atom is -0.490 e. The Bertz CT molecular complexity index is 1300. The van der Waals surface area contributed by atoms with Crippen molar-refractivity contribution in [1.29, 1.82) is 0 Å². The lowest BCUT2D eigenvalue weighted by atomic mass is 9.86. The van der Waals surface area contributed by atoms with Crippen LogP contribution in [-0.2, 0) is 17.1 Å². The fourth-order valence-electron chi connectivity index (χ4n) is 4.03. The van der Waals surface area contributed by atoms with Crippen LogP contribution in [0.2, 0.25) is 0 Å². The van der Waals surface area contributed by atoms with Gasteiger partial charge in [0, 0.05) is 34.8 Å². The van der Waals surface area contributed by atoms with Gasteiger partial charge in [0.1, 0.15) is 11.4 Å². The maximum atomic E-state index is 14.2. The van der Waals surface area contributed by atoms with Crippen molar-refractivity contribution in [2.75, 3.05) is 10.5 Å². The van der Waals surface area contributed by atoms with Crippen LogP contribution in [0.1, 0.15) is 39.5 Å². The molecule has 0 aliphatic heterocycles. The molecular weight excluding hydrogens is 451 g/mol. The summed E-state index contributed by atoms with van der Waals surface area (Å²) in [6.07, 6.45) is 3.73. The molecule has 1 aromatic carbocycles. The van der Waals surface area contributed by atoms with Gasteiger partial charge in [-0.25, -0.2) is 12.8 Å². The Morgan fingerprint density at radius 3 is 2.66 bits per heavy atom. The maximum Gasteiger partial charge on any atom is 0.259 e. The van der Waals surface area contributed by atoms with E-state index in [1.165, 1.54) is 15.9 Å². The van der Waals surface area contributed by atoms with Crippen molar-refractivity contribution >= 4 is 37.1 Å². The van der Waals surface area contributed by atoms with Gasteiger partial charge in [-0.3, -0.25) is 9.52 Å². The zero-order valence-corrected chi connectivity index (χ0v) is 20.0. The van der Waals surface area contributed by atoms with Crippen LogP contribution in [0.3, 0.4) is 0 Å². The van der Waals surface area contributed by atoms with Crippen molar-refractivity contribution in [3.63, 3.8) is 0 Å². The molecule has 2 aromatic heterocycles. The number of hydrogen-bond donors (Lipinski definition) is 1. The number of fused-ring (bicyclic) bond motifs is 1. The van der Waals surface area contributed by atoms with Gasteiger partial charge in [-0.1, -0.05) is 0 Å². The van der Waals surface area contributed by atoms with E-state index in [9.17, 15) is 17.6 Å². The number of nitrogens with zero attached hydrogens (tertiary/aromatic N) is 1. The lowest BCUT2D eigenvalue weighted by Crippen LogP contribution is -2.31. The Morgan fingerprint density at radius 1 is 1.25 bits per heavy atom. The van der Waals surface area contributed by atoms with Gasteiger partial charge in [-0.15, -0.1) is 11.3 Å². The lowest BCUT2D eigenvalue weighted by molar-refractivity contribution is 0.0582. The summed E-state index contributed by atoms with van der Waals surface area (Å²) >= 11 is 1.45. The number of nitrogens with one attached hydrogen (secondary N) is 1. The van der Waals surface area contributed by atoms with Gasteiger partial charge >= 0.3 is 0 Å². The van der Waals surface area contributed by atoms with Crippen LogP contribution < -0.4 is 15.0 Å². The van der Waals surface area contributed by atoms with Gasteiger partial charge in [-0.2, -0.15) is 0 Å². The molecule has 0 radical (unpaired) electrons. The highest BCUT2D eigenvalue weighted by Gasteiger charge is 2.32. The van der Waals surface area contributed by atoms with Crippen LogP contribution in [0.4, 0.5) is 10.1 Å². The maximum absolute atomic E-state index is 14.2. The van der Waals surface area contributed by atoms with E-state index < -0.39 is 15.7 Å². The highest BCUT2D eigenvalue weighted by molar-refractivity contribution is 7.92. The van der Waals surface area contributed by atoms with Crippen LogP contribution in [0.25, 0.3) is 21.2 Å². The summed E-state index contributed by atoms with van der Waals surface area (Å²) in [5.41, 5.74) is 0.650. The van der Waals surface area contributed by atoms with Gasteiger partial charge in [0.05, 0.1) is 17.2 Å². The summed E-state index contributed by atoms with van der Waals surface area (Å²) in [6, 6.07) is 6.95. The number of ether oxygens (including phenoxy) is 1. The molecule has 0 saturated heterocycles. The smallest absolute Gasteiger partial charge is 0.259 e. The first-order valence-corrected chi connectivity index (χ1v) is 13.2. The zero-order valence-electron chi connectivity index (χ0n) is 18.4. The zero-order chi connectivity index (χ0) is 23.1. The number of alkyl halides is 1. The molecule has 0 bridgehead atoms. The highest BCUT2D eigenvalue weighted by Crippen LogP contribution is 2.40. The molecule has 9 heteroatoms. The number of hydrogen-bond acceptors (Lipinski definition) is 5. The lowest BCUT2D eigenvalue weighted by Gasteiger charge is -2.32. The molecule has 6 nitrogen and oxygen atoms in total. The van der Waals surface area contributed by atoms with E-state index in [1.54, 1.807) is 51.4 Å². The third-order valence-electron chi connectivity index (χ3n) is 5.98. The predicted molar refractivity (Wildman–Crippen MR) is 128 cm³/mol. The number of halogens is 1. The molecule has 1 N–H and O–H groups in total. The topological polar surface area (TPSA) is 77.4 Å². The van der Waals surface area contributed by atoms with Crippen molar-refractivity contribution in [3.05, 3.63) is 46.2 Å². The second kappa shape index (κ2) is 8.51. The Hall–Kier alpha value is -2.39. The second-order valence-corrected chi connectivity index (χ2v) is 11.5. The standard InChI is InChI=1S/C23H27FN2O4S2/c1-4-32(28,29)25-15-5-6-20(30-16-7-10-23(2,24)11-8-16)18(13-15)19-14-26(3)22(27)17-9-12-31-21(17)19/h5-6,9,12-14,16,25H,4,7-8,10-11H2,1-3H3. The number of benzene rings is 1. The molecule has 172 valence electrons. The minimum atomic E-state index is -3.46. The molecule has 32 heavy (non-hydrogen) atoms. The predicted octanol–water partition coefficient (Wildman–Crippen LogP) is 5.08. The fraction of sp³-hybridized carbons (Fsp3) is 0.435. The molecule has 1 saturated carbocycles. The summed E-state index contributed by atoms with van der Waals surface area (Å²) in [4.78, 5) is 12.5. The molecule has 1 aliphatic carbocycles. The Morgan fingerprint density at radius 2 is 1.97 bits per heavy atom. The van der Waals surface area contributed by atoms with Gasteiger partial charge in [0.25, 0.3) is 5.56 Å². The molecule has 1 fully saturated rings. The van der Waals surface area contributed by atoms with E-state index in [0.29, 0.717) is 48.1 Å². The van der Waals surface area contributed by atoms with E-state index in [-0.39, 0.29) is 17.4 Å². The summed E-state index contributed by atoms with van der Waals surface area (Å²) in [6.45, 7) is 3.20. The van der Waals surface area contributed by atoms with E-state index >= 15 is 0 Å². The first-order chi connectivity index (χ1) is 15.1. The normalized spacial score (nSPS) is 21.6. The number of thiophene rings is 1. The fourth-order valence-corrected chi connectivity index (χ4v) is 5.57. The molecule has 0 unspecified atom stereocenters.